The van der Waals surface area contributed by atoms with Crippen molar-refractivity contribution < 1.29 is 0 Å². The zero-order chi connectivity index (χ0) is 19.1. The summed E-state index contributed by atoms with van der Waals surface area (Å²) in [6.07, 6.45) is 1.58. The van der Waals surface area contributed by atoms with E-state index in [4.69, 9.17) is 11.6 Å². The third kappa shape index (κ3) is 2.99. The number of aromatic nitrogens is 3. The Morgan fingerprint density at radius 3 is 2.64 bits per heavy atom. The molecule has 28 heavy (non-hydrogen) atoms. The van der Waals surface area contributed by atoms with Gasteiger partial charge in [-0.2, -0.15) is 0 Å². The smallest absolute Gasteiger partial charge is 0.262 e. The maximum absolute atomic E-state index is 13.0. The van der Waals surface area contributed by atoms with Crippen LogP contribution in [0.25, 0.3) is 31.6 Å². The standard InChI is InChI=1S/C22H14ClN3OS/c23-20-16(10-15-8-4-5-9-18(15)25-20)12-26-13-24-21-17(22(26)27)11-19(28-21)14-6-2-1-3-7-14/h1-11,13H,12H2. The van der Waals surface area contributed by atoms with Crippen LogP contribution >= 0.6 is 22.9 Å². The van der Waals surface area contributed by atoms with Gasteiger partial charge in [0.15, 0.2) is 0 Å². The Bertz CT molecular complexity index is 1380. The van der Waals surface area contributed by atoms with Crippen LogP contribution in [-0.4, -0.2) is 14.5 Å². The lowest BCUT2D eigenvalue weighted by molar-refractivity contribution is 0.748. The first-order valence-electron chi connectivity index (χ1n) is 8.77. The summed E-state index contributed by atoms with van der Waals surface area (Å²) in [5, 5.41) is 2.02. The van der Waals surface area contributed by atoms with Crippen LogP contribution in [-0.2, 0) is 6.54 Å². The molecule has 3 aromatic heterocycles. The first kappa shape index (κ1) is 17.1. The first-order valence-corrected chi connectivity index (χ1v) is 9.97. The van der Waals surface area contributed by atoms with Crippen LogP contribution in [0, 0.1) is 0 Å². The molecule has 0 saturated heterocycles. The third-order valence-corrected chi connectivity index (χ3v) is 6.09. The predicted octanol–water partition coefficient (Wildman–Crippen LogP) is 5.37. The average molecular weight is 404 g/mol. The van der Waals surface area contributed by atoms with Gasteiger partial charge in [0.2, 0.25) is 0 Å². The van der Waals surface area contributed by atoms with Gasteiger partial charge in [-0.05, 0) is 23.8 Å². The number of thiophene rings is 1. The number of pyridine rings is 1. The van der Waals surface area contributed by atoms with Gasteiger partial charge in [0, 0.05) is 15.8 Å². The van der Waals surface area contributed by atoms with Crippen molar-refractivity contribution in [3.63, 3.8) is 0 Å². The second kappa shape index (κ2) is 6.86. The Balaban J connectivity index is 1.57. The van der Waals surface area contributed by atoms with Gasteiger partial charge in [0.05, 0.1) is 23.8 Å². The quantitative estimate of drug-likeness (QED) is 0.380. The number of fused-ring (bicyclic) bond motifs is 2. The van der Waals surface area contributed by atoms with E-state index >= 15 is 0 Å². The van der Waals surface area contributed by atoms with Gasteiger partial charge in [-0.25, -0.2) is 9.97 Å². The van der Waals surface area contributed by atoms with Crippen molar-refractivity contribution in [2.24, 2.45) is 0 Å². The van der Waals surface area contributed by atoms with E-state index in [9.17, 15) is 4.79 Å². The Hall–Kier alpha value is -3.02. The zero-order valence-corrected chi connectivity index (χ0v) is 16.2. The summed E-state index contributed by atoms with van der Waals surface area (Å²) < 4.78 is 1.58. The van der Waals surface area contributed by atoms with E-state index in [1.54, 1.807) is 10.9 Å². The molecule has 136 valence electrons. The van der Waals surface area contributed by atoms with E-state index in [0.29, 0.717) is 17.1 Å². The minimum absolute atomic E-state index is 0.0762. The Labute approximate surface area is 169 Å². The molecule has 0 bridgehead atoms. The fourth-order valence-corrected chi connectivity index (χ4v) is 4.45. The molecule has 0 radical (unpaired) electrons. The molecule has 0 amide bonds. The van der Waals surface area contributed by atoms with Crippen molar-refractivity contribution >= 4 is 44.1 Å². The number of para-hydroxylation sites is 1. The number of nitrogens with zero attached hydrogens (tertiary/aromatic N) is 3. The number of hydrogen-bond donors (Lipinski definition) is 0. The van der Waals surface area contributed by atoms with Crippen molar-refractivity contribution in [3.8, 4) is 10.4 Å². The molecule has 5 rings (SSSR count). The topological polar surface area (TPSA) is 47.8 Å². The van der Waals surface area contributed by atoms with Gasteiger partial charge in [-0.15, -0.1) is 11.3 Å². The van der Waals surface area contributed by atoms with Gasteiger partial charge in [0.25, 0.3) is 5.56 Å². The minimum atomic E-state index is -0.0762. The lowest BCUT2D eigenvalue weighted by atomic mass is 10.1. The normalized spacial score (nSPS) is 11.3. The molecule has 0 aliphatic heterocycles. The molecule has 0 unspecified atom stereocenters. The molecule has 3 heterocycles. The van der Waals surface area contributed by atoms with Crippen molar-refractivity contribution in [1.82, 2.24) is 14.5 Å². The molecule has 4 nitrogen and oxygen atoms in total. The van der Waals surface area contributed by atoms with Crippen LogP contribution in [0.1, 0.15) is 5.56 Å². The summed E-state index contributed by atoms with van der Waals surface area (Å²) in [6, 6.07) is 21.7. The van der Waals surface area contributed by atoms with E-state index < -0.39 is 0 Å². The highest BCUT2D eigenvalue weighted by molar-refractivity contribution is 7.21. The molecule has 6 heteroatoms. The first-order chi connectivity index (χ1) is 13.7. The highest BCUT2D eigenvalue weighted by Gasteiger charge is 2.12. The fraction of sp³-hybridized carbons (Fsp3) is 0.0455. The summed E-state index contributed by atoms with van der Waals surface area (Å²) in [5.41, 5.74) is 2.63. The average Bonchev–Trinajstić information content (AvgIpc) is 3.16. The lowest BCUT2D eigenvalue weighted by Crippen LogP contribution is -2.20. The van der Waals surface area contributed by atoms with Crippen LogP contribution in [0.5, 0.6) is 0 Å². The van der Waals surface area contributed by atoms with Crippen molar-refractivity contribution in [2.75, 3.05) is 0 Å². The van der Waals surface area contributed by atoms with E-state index in [-0.39, 0.29) is 5.56 Å². The SMILES string of the molecule is O=c1c2cc(-c3ccccc3)sc2ncn1Cc1cc2ccccc2nc1Cl. The molecule has 0 aliphatic rings. The number of hydrogen-bond acceptors (Lipinski definition) is 4. The highest BCUT2D eigenvalue weighted by atomic mass is 35.5. The number of halogens is 1. The number of benzene rings is 2. The van der Waals surface area contributed by atoms with Crippen molar-refractivity contribution in [2.45, 2.75) is 6.54 Å². The third-order valence-electron chi connectivity index (χ3n) is 4.67. The van der Waals surface area contributed by atoms with E-state index in [1.807, 2.05) is 66.7 Å². The zero-order valence-electron chi connectivity index (χ0n) is 14.7. The molecule has 2 aromatic carbocycles. The largest absolute Gasteiger partial charge is 0.294 e. The molecular formula is C22H14ClN3OS. The molecule has 0 fully saturated rings. The van der Waals surface area contributed by atoms with Crippen LogP contribution in [0.15, 0.2) is 77.9 Å². The summed E-state index contributed by atoms with van der Waals surface area (Å²) in [7, 11) is 0. The summed E-state index contributed by atoms with van der Waals surface area (Å²) >= 11 is 7.88. The molecule has 0 saturated carbocycles. The van der Waals surface area contributed by atoms with Gasteiger partial charge in [-0.3, -0.25) is 9.36 Å². The highest BCUT2D eigenvalue weighted by Crippen LogP contribution is 2.30. The molecule has 0 atom stereocenters. The van der Waals surface area contributed by atoms with Crippen LogP contribution in [0.4, 0.5) is 0 Å². The van der Waals surface area contributed by atoms with Crippen molar-refractivity contribution in [3.05, 3.63) is 94.1 Å². The molecule has 5 aromatic rings. The van der Waals surface area contributed by atoms with Gasteiger partial charge in [-0.1, -0.05) is 60.1 Å². The maximum atomic E-state index is 13.0. The Morgan fingerprint density at radius 2 is 1.79 bits per heavy atom. The van der Waals surface area contributed by atoms with Crippen LogP contribution < -0.4 is 5.56 Å². The van der Waals surface area contributed by atoms with Gasteiger partial charge in [0.1, 0.15) is 9.98 Å². The summed E-state index contributed by atoms with van der Waals surface area (Å²) in [6.45, 7) is 0.328. The van der Waals surface area contributed by atoms with Gasteiger partial charge < -0.3 is 0 Å². The fourth-order valence-electron chi connectivity index (χ4n) is 3.25. The molecular weight excluding hydrogens is 390 g/mol. The summed E-state index contributed by atoms with van der Waals surface area (Å²) in [4.78, 5) is 23.7. The predicted molar refractivity (Wildman–Crippen MR) is 115 cm³/mol. The van der Waals surface area contributed by atoms with E-state index in [2.05, 4.69) is 9.97 Å². The second-order valence-corrected chi connectivity index (χ2v) is 7.89. The molecule has 0 N–H and O–H groups in total. The molecule has 0 aliphatic carbocycles. The number of rotatable bonds is 3. The van der Waals surface area contributed by atoms with Gasteiger partial charge >= 0.3 is 0 Å². The minimum Gasteiger partial charge on any atom is -0.294 e. The monoisotopic (exact) mass is 403 g/mol. The van der Waals surface area contributed by atoms with Crippen LogP contribution in [0.2, 0.25) is 5.15 Å². The van der Waals surface area contributed by atoms with E-state index in [0.717, 1.165) is 31.7 Å². The maximum Gasteiger partial charge on any atom is 0.262 e. The second-order valence-electron chi connectivity index (χ2n) is 6.50. The lowest BCUT2D eigenvalue weighted by Gasteiger charge is -2.08. The summed E-state index contributed by atoms with van der Waals surface area (Å²) in [5.74, 6) is 0. The Kier molecular flexibility index (Phi) is 4.19. The Morgan fingerprint density at radius 1 is 1.00 bits per heavy atom. The van der Waals surface area contributed by atoms with Crippen LogP contribution in [0.3, 0.4) is 0 Å². The van der Waals surface area contributed by atoms with Crippen molar-refractivity contribution in [1.29, 1.82) is 0 Å². The molecule has 0 spiro atoms. The van der Waals surface area contributed by atoms with E-state index in [1.165, 1.54) is 11.3 Å².